The van der Waals surface area contributed by atoms with E-state index in [-0.39, 0.29) is 16.3 Å². The lowest BCUT2D eigenvalue weighted by atomic mass is 10.3. The quantitative estimate of drug-likeness (QED) is 0.668. The number of hydrogen-bond donors (Lipinski definition) is 1. The van der Waals surface area contributed by atoms with Crippen LogP contribution in [0.2, 0.25) is 0 Å². The highest BCUT2D eigenvalue weighted by Gasteiger charge is 2.18. The molecule has 0 bridgehead atoms. The first kappa shape index (κ1) is 13.0. The minimum Gasteiger partial charge on any atom is -0.478 e. The second-order valence-corrected chi connectivity index (χ2v) is 4.62. The van der Waals surface area contributed by atoms with Crippen LogP contribution in [-0.4, -0.2) is 30.8 Å². The van der Waals surface area contributed by atoms with Gasteiger partial charge in [-0.25, -0.2) is 9.78 Å². The fraction of sp³-hybridized carbons (Fsp3) is 0.100. The number of aryl methyl sites for hydroxylation is 1. The Morgan fingerprint density at radius 2 is 2.26 bits per heavy atom. The molecular formula is C10H8N4O4S. The Morgan fingerprint density at radius 3 is 2.79 bits per heavy atom. The van der Waals surface area contributed by atoms with E-state index in [1.807, 2.05) is 0 Å². The van der Waals surface area contributed by atoms with Crippen molar-refractivity contribution in [3.8, 4) is 0 Å². The van der Waals surface area contributed by atoms with Crippen LogP contribution >= 0.6 is 11.8 Å². The van der Waals surface area contributed by atoms with Crippen LogP contribution in [0.25, 0.3) is 0 Å². The highest BCUT2D eigenvalue weighted by atomic mass is 32.2. The molecule has 0 saturated carbocycles. The number of rotatable bonds is 4. The first-order valence-electron chi connectivity index (χ1n) is 5.01. The van der Waals surface area contributed by atoms with Gasteiger partial charge in [0.2, 0.25) is 0 Å². The molecule has 0 amide bonds. The summed E-state index contributed by atoms with van der Waals surface area (Å²) in [7, 11) is 1.73. The molecule has 19 heavy (non-hydrogen) atoms. The minimum atomic E-state index is -1.26. The molecule has 0 aromatic carbocycles. The van der Waals surface area contributed by atoms with E-state index in [1.165, 1.54) is 0 Å². The highest BCUT2D eigenvalue weighted by Crippen LogP contribution is 2.30. The fourth-order valence-corrected chi connectivity index (χ4v) is 2.23. The molecule has 0 aliphatic heterocycles. The largest absolute Gasteiger partial charge is 0.478 e. The fourth-order valence-electron chi connectivity index (χ4n) is 1.34. The van der Waals surface area contributed by atoms with Crippen molar-refractivity contribution in [3.05, 3.63) is 40.3 Å². The summed E-state index contributed by atoms with van der Waals surface area (Å²) < 4.78 is 1.56. The van der Waals surface area contributed by atoms with Gasteiger partial charge in [-0.1, -0.05) is 11.8 Å². The van der Waals surface area contributed by atoms with Gasteiger partial charge in [0.15, 0.2) is 0 Å². The third-order valence-corrected chi connectivity index (χ3v) is 3.14. The number of carboxylic acids is 1. The summed E-state index contributed by atoms with van der Waals surface area (Å²) in [4.78, 5) is 25.5. The molecule has 2 heterocycles. The van der Waals surface area contributed by atoms with Crippen LogP contribution in [0, 0.1) is 10.1 Å². The lowest BCUT2D eigenvalue weighted by molar-refractivity contribution is -0.385. The zero-order valence-corrected chi connectivity index (χ0v) is 10.5. The summed E-state index contributed by atoms with van der Waals surface area (Å²) in [5, 5.41) is 23.8. The summed E-state index contributed by atoms with van der Waals surface area (Å²) >= 11 is 1.09. The van der Waals surface area contributed by atoms with Gasteiger partial charge < -0.3 is 5.11 Å². The first-order valence-corrected chi connectivity index (χ1v) is 5.83. The van der Waals surface area contributed by atoms with Gasteiger partial charge >= 0.3 is 5.97 Å². The third-order valence-electron chi connectivity index (χ3n) is 2.17. The second-order valence-electron chi connectivity index (χ2n) is 3.56. The molecule has 0 radical (unpaired) electrons. The van der Waals surface area contributed by atoms with Crippen LogP contribution < -0.4 is 0 Å². The summed E-state index contributed by atoms with van der Waals surface area (Å²) in [6.45, 7) is 0. The SMILES string of the molecule is Cn1cc(Sc2ncc([N+](=O)[O-])cc2C(=O)O)cn1. The molecule has 0 spiro atoms. The normalized spacial score (nSPS) is 10.4. The van der Waals surface area contributed by atoms with Crippen molar-refractivity contribution in [3.63, 3.8) is 0 Å². The van der Waals surface area contributed by atoms with Crippen molar-refractivity contribution in [1.82, 2.24) is 14.8 Å². The summed E-state index contributed by atoms with van der Waals surface area (Å²) in [6, 6.07) is 0.994. The molecule has 2 rings (SSSR count). The molecule has 0 atom stereocenters. The molecular weight excluding hydrogens is 272 g/mol. The maximum absolute atomic E-state index is 11.1. The Bertz CT molecular complexity index is 655. The predicted molar refractivity (Wildman–Crippen MR) is 65.2 cm³/mol. The Kier molecular flexibility index (Phi) is 3.47. The van der Waals surface area contributed by atoms with Crippen LogP contribution in [0.3, 0.4) is 0 Å². The molecule has 0 fully saturated rings. The van der Waals surface area contributed by atoms with Gasteiger partial charge in [0.05, 0.1) is 21.6 Å². The van der Waals surface area contributed by atoms with Crippen LogP contribution in [0.5, 0.6) is 0 Å². The van der Waals surface area contributed by atoms with E-state index in [4.69, 9.17) is 5.11 Å². The van der Waals surface area contributed by atoms with E-state index in [0.717, 1.165) is 24.0 Å². The van der Waals surface area contributed by atoms with Crippen molar-refractivity contribution >= 4 is 23.4 Å². The number of pyridine rings is 1. The van der Waals surface area contributed by atoms with Crippen LogP contribution in [0.15, 0.2) is 34.6 Å². The van der Waals surface area contributed by atoms with Crippen molar-refractivity contribution in [1.29, 1.82) is 0 Å². The molecule has 2 aromatic rings. The number of aromatic nitrogens is 3. The zero-order chi connectivity index (χ0) is 14.0. The number of carboxylic acid groups (broad SMARTS) is 1. The average Bonchev–Trinajstić information content (AvgIpc) is 2.74. The molecule has 9 heteroatoms. The Labute approximate surface area is 111 Å². The zero-order valence-electron chi connectivity index (χ0n) is 9.68. The summed E-state index contributed by atoms with van der Waals surface area (Å²) in [5.74, 6) is -1.26. The topological polar surface area (TPSA) is 111 Å². The van der Waals surface area contributed by atoms with Gasteiger partial charge in [0, 0.05) is 19.3 Å². The number of nitrogens with zero attached hydrogens (tertiary/aromatic N) is 4. The molecule has 2 aromatic heterocycles. The van der Waals surface area contributed by atoms with E-state index in [9.17, 15) is 14.9 Å². The predicted octanol–water partition coefficient (Wildman–Crippen LogP) is 1.57. The average molecular weight is 280 g/mol. The van der Waals surface area contributed by atoms with Gasteiger partial charge in [-0.15, -0.1) is 0 Å². The molecule has 98 valence electrons. The van der Waals surface area contributed by atoms with Gasteiger partial charge in [0.25, 0.3) is 5.69 Å². The molecule has 0 aliphatic carbocycles. The van der Waals surface area contributed by atoms with Crippen molar-refractivity contribution in [2.24, 2.45) is 7.05 Å². The Hall–Kier alpha value is -2.42. The molecule has 0 saturated heterocycles. The summed E-state index contributed by atoms with van der Waals surface area (Å²) in [6.07, 6.45) is 4.28. The number of hydrogen-bond acceptors (Lipinski definition) is 6. The Morgan fingerprint density at radius 1 is 1.53 bits per heavy atom. The Balaban J connectivity index is 2.39. The lowest BCUT2D eigenvalue weighted by Crippen LogP contribution is -2.02. The van der Waals surface area contributed by atoms with E-state index < -0.39 is 10.9 Å². The smallest absolute Gasteiger partial charge is 0.338 e. The van der Waals surface area contributed by atoms with E-state index in [1.54, 1.807) is 24.1 Å². The monoisotopic (exact) mass is 280 g/mol. The van der Waals surface area contributed by atoms with Gasteiger partial charge in [-0.3, -0.25) is 14.8 Å². The van der Waals surface area contributed by atoms with Crippen molar-refractivity contribution in [2.45, 2.75) is 9.92 Å². The standard InChI is InChI=1S/C10H8N4O4S/c1-13-5-7(4-12-13)19-9-8(10(15)16)2-6(3-11-9)14(17)18/h2-5H,1H3,(H,15,16). The number of aromatic carboxylic acids is 1. The van der Waals surface area contributed by atoms with Crippen LogP contribution in [0.4, 0.5) is 5.69 Å². The second kappa shape index (κ2) is 5.06. The molecule has 0 aliphatic rings. The number of nitro groups is 1. The van der Waals surface area contributed by atoms with E-state index in [0.29, 0.717) is 4.90 Å². The van der Waals surface area contributed by atoms with Crippen LogP contribution in [-0.2, 0) is 7.05 Å². The van der Waals surface area contributed by atoms with Crippen molar-refractivity contribution < 1.29 is 14.8 Å². The molecule has 0 unspecified atom stereocenters. The van der Waals surface area contributed by atoms with Crippen LogP contribution in [0.1, 0.15) is 10.4 Å². The first-order chi connectivity index (χ1) is 8.97. The number of carbonyl (C=O) groups is 1. The maximum Gasteiger partial charge on any atom is 0.338 e. The van der Waals surface area contributed by atoms with Gasteiger partial charge in [-0.05, 0) is 0 Å². The van der Waals surface area contributed by atoms with Crippen molar-refractivity contribution in [2.75, 3.05) is 0 Å². The highest BCUT2D eigenvalue weighted by molar-refractivity contribution is 7.99. The molecule has 1 N–H and O–H groups in total. The lowest BCUT2D eigenvalue weighted by Gasteiger charge is -2.02. The van der Waals surface area contributed by atoms with Gasteiger partial charge in [0.1, 0.15) is 11.2 Å². The maximum atomic E-state index is 11.1. The minimum absolute atomic E-state index is 0.186. The van der Waals surface area contributed by atoms with E-state index >= 15 is 0 Å². The third kappa shape index (κ3) is 2.88. The van der Waals surface area contributed by atoms with Gasteiger partial charge in [-0.2, -0.15) is 5.10 Å². The summed E-state index contributed by atoms with van der Waals surface area (Å²) in [5.41, 5.74) is -0.559. The van der Waals surface area contributed by atoms with E-state index in [2.05, 4.69) is 10.1 Å². The molecule has 8 nitrogen and oxygen atoms in total.